The van der Waals surface area contributed by atoms with Crippen molar-refractivity contribution in [3.05, 3.63) is 59.1 Å². The van der Waals surface area contributed by atoms with Crippen LogP contribution in [0.15, 0.2) is 42.7 Å². The van der Waals surface area contributed by atoms with Crippen LogP contribution in [0.2, 0.25) is 5.02 Å². The molecule has 3 aromatic rings. The van der Waals surface area contributed by atoms with Crippen LogP contribution in [0.1, 0.15) is 19.4 Å². The van der Waals surface area contributed by atoms with Gasteiger partial charge in [-0.15, -0.1) is 0 Å². The van der Waals surface area contributed by atoms with Gasteiger partial charge in [-0.2, -0.15) is 0 Å². The topological polar surface area (TPSA) is 59.0 Å². The average molecular weight is 389 g/mol. The van der Waals surface area contributed by atoms with Crippen molar-refractivity contribution in [2.75, 3.05) is 11.9 Å². The van der Waals surface area contributed by atoms with Gasteiger partial charge < -0.3 is 15.2 Å². The highest BCUT2D eigenvalue weighted by atomic mass is 35.5. The van der Waals surface area contributed by atoms with E-state index in [4.69, 9.17) is 11.6 Å². The summed E-state index contributed by atoms with van der Waals surface area (Å²) in [6.45, 7) is 5.70. The van der Waals surface area contributed by atoms with E-state index < -0.39 is 5.82 Å². The number of carbonyl (C=O) groups is 1. The second kappa shape index (κ2) is 8.39. The zero-order chi connectivity index (χ0) is 19.4. The third-order valence-electron chi connectivity index (χ3n) is 4.14. The van der Waals surface area contributed by atoms with Gasteiger partial charge in [-0.1, -0.05) is 25.4 Å². The molecule has 0 aliphatic heterocycles. The highest BCUT2D eigenvalue weighted by Gasteiger charge is 2.11. The van der Waals surface area contributed by atoms with E-state index in [1.54, 1.807) is 6.20 Å². The molecule has 2 heterocycles. The van der Waals surface area contributed by atoms with Crippen LogP contribution < -0.4 is 10.6 Å². The minimum atomic E-state index is -0.519. The number of nitrogens with zero attached hydrogens (tertiary/aromatic N) is 2. The fourth-order valence-corrected chi connectivity index (χ4v) is 3.17. The Morgan fingerprint density at radius 2 is 2.15 bits per heavy atom. The Bertz CT molecular complexity index is 954. The van der Waals surface area contributed by atoms with Gasteiger partial charge in [-0.3, -0.25) is 0 Å². The molecule has 0 saturated carbocycles. The first-order valence-corrected chi connectivity index (χ1v) is 9.24. The van der Waals surface area contributed by atoms with Gasteiger partial charge in [-0.05, 0) is 48.2 Å². The summed E-state index contributed by atoms with van der Waals surface area (Å²) in [5, 5.41) is 6.53. The van der Waals surface area contributed by atoms with Gasteiger partial charge in [0.25, 0.3) is 0 Å². The second-order valence-corrected chi connectivity index (χ2v) is 7.24. The SMILES string of the molecule is CC(C)Cn1cc(CCNC(=O)Nc2ccc(F)c(Cl)c2)c2cccnc21. The molecule has 0 aliphatic rings. The normalized spacial score (nSPS) is 11.1. The molecule has 0 spiro atoms. The summed E-state index contributed by atoms with van der Waals surface area (Å²) in [5.41, 5.74) is 2.55. The molecular formula is C20H22ClFN4O. The van der Waals surface area contributed by atoms with E-state index in [-0.39, 0.29) is 11.1 Å². The molecule has 1 aromatic carbocycles. The van der Waals surface area contributed by atoms with E-state index in [0.717, 1.165) is 23.1 Å². The van der Waals surface area contributed by atoms with Crippen molar-refractivity contribution in [2.45, 2.75) is 26.8 Å². The first-order valence-electron chi connectivity index (χ1n) is 8.86. The summed E-state index contributed by atoms with van der Waals surface area (Å²) in [7, 11) is 0. The summed E-state index contributed by atoms with van der Waals surface area (Å²) in [6, 6.07) is 7.67. The molecule has 7 heteroatoms. The molecule has 0 fully saturated rings. The van der Waals surface area contributed by atoms with Crippen LogP contribution in [-0.2, 0) is 13.0 Å². The predicted molar refractivity (Wildman–Crippen MR) is 107 cm³/mol. The standard InChI is InChI=1S/C20H22ClFN4O/c1-13(2)11-26-12-14(16-4-3-8-23-19(16)26)7-9-24-20(27)25-15-5-6-18(22)17(21)10-15/h3-6,8,10,12-13H,7,9,11H2,1-2H3,(H2,24,25,27). The first-order chi connectivity index (χ1) is 12.9. The number of urea groups is 1. The first kappa shape index (κ1) is 19.2. The van der Waals surface area contributed by atoms with Gasteiger partial charge in [0, 0.05) is 36.6 Å². The molecule has 0 saturated heterocycles. The lowest BCUT2D eigenvalue weighted by Crippen LogP contribution is -2.30. The fraction of sp³-hybridized carbons (Fsp3) is 0.300. The number of hydrogen-bond acceptors (Lipinski definition) is 2. The third-order valence-corrected chi connectivity index (χ3v) is 4.43. The highest BCUT2D eigenvalue weighted by molar-refractivity contribution is 6.31. The molecule has 142 valence electrons. The summed E-state index contributed by atoms with van der Waals surface area (Å²) < 4.78 is 15.3. The maximum absolute atomic E-state index is 13.2. The number of anilines is 1. The smallest absolute Gasteiger partial charge is 0.319 e. The van der Waals surface area contributed by atoms with E-state index >= 15 is 0 Å². The van der Waals surface area contributed by atoms with Gasteiger partial charge in [0.2, 0.25) is 0 Å². The van der Waals surface area contributed by atoms with Crippen molar-refractivity contribution in [3.8, 4) is 0 Å². The molecular weight excluding hydrogens is 367 g/mol. The predicted octanol–water partition coefficient (Wildman–Crippen LogP) is 4.85. The lowest BCUT2D eigenvalue weighted by Gasteiger charge is -2.08. The molecule has 0 atom stereocenters. The number of benzene rings is 1. The Hall–Kier alpha value is -2.60. The lowest BCUT2D eigenvalue weighted by atomic mass is 10.1. The van der Waals surface area contributed by atoms with Crippen LogP contribution in [0, 0.1) is 11.7 Å². The number of nitrogens with one attached hydrogen (secondary N) is 2. The summed E-state index contributed by atoms with van der Waals surface area (Å²) >= 11 is 5.72. The van der Waals surface area contributed by atoms with Crippen LogP contribution in [0.3, 0.4) is 0 Å². The van der Waals surface area contributed by atoms with Crippen LogP contribution >= 0.6 is 11.6 Å². The molecule has 2 amide bonds. The zero-order valence-electron chi connectivity index (χ0n) is 15.3. The zero-order valence-corrected chi connectivity index (χ0v) is 16.1. The lowest BCUT2D eigenvalue weighted by molar-refractivity contribution is 0.252. The van der Waals surface area contributed by atoms with Crippen molar-refractivity contribution >= 4 is 34.4 Å². The van der Waals surface area contributed by atoms with Crippen LogP contribution in [-0.4, -0.2) is 22.1 Å². The minimum absolute atomic E-state index is 0.0294. The Kier molecular flexibility index (Phi) is 5.96. The average Bonchev–Trinajstić information content (AvgIpc) is 2.96. The van der Waals surface area contributed by atoms with Crippen LogP contribution in [0.5, 0.6) is 0 Å². The number of aromatic nitrogens is 2. The molecule has 2 N–H and O–H groups in total. The molecule has 0 bridgehead atoms. The van der Waals surface area contributed by atoms with E-state index in [9.17, 15) is 9.18 Å². The van der Waals surface area contributed by atoms with Crippen LogP contribution in [0.4, 0.5) is 14.9 Å². The molecule has 0 aliphatic carbocycles. The van der Waals surface area contributed by atoms with Crippen molar-refractivity contribution in [2.24, 2.45) is 5.92 Å². The van der Waals surface area contributed by atoms with Crippen molar-refractivity contribution < 1.29 is 9.18 Å². The van der Waals surface area contributed by atoms with E-state index in [1.807, 2.05) is 6.07 Å². The van der Waals surface area contributed by atoms with E-state index in [1.165, 1.54) is 18.2 Å². The van der Waals surface area contributed by atoms with Gasteiger partial charge in [0.15, 0.2) is 0 Å². The monoisotopic (exact) mass is 388 g/mol. The Balaban J connectivity index is 1.61. The Labute approximate surface area is 162 Å². The molecule has 3 rings (SSSR count). The second-order valence-electron chi connectivity index (χ2n) is 6.83. The Morgan fingerprint density at radius 1 is 1.33 bits per heavy atom. The maximum atomic E-state index is 13.2. The summed E-state index contributed by atoms with van der Waals surface area (Å²) in [5.74, 6) is -0.00378. The third kappa shape index (κ3) is 4.77. The van der Waals surface area contributed by atoms with Gasteiger partial charge in [0.1, 0.15) is 11.5 Å². The minimum Gasteiger partial charge on any atom is -0.338 e. The number of amides is 2. The molecule has 5 nitrogen and oxygen atoms in total. The van der Waals surface area contributed by atoms with E-state index in [2.05, 4.69) is 46.3 Å². The molecule has 27 heavy (non-hydrogen) atoms. The van der Waals surface area contributed by atoms with E-state index in [0.29, 0.717) is 24.6 Å². The van der Waals surface area contributed by atoms with Crippen molar-refractivity contribution in [1.82, 2.24) is 14.9 Å². The van der Waals surface area contributed by atoms with Gasteiger partial charge in [-0.25, -0.2) is 14.2 Å². The molecule has 0 radical (unpaired) electrons. The summed E-state index contributed by atoms with van der Waals surface area (Å²) in [6.07, 6.45) is 4.59. The maximum Gasteiger partial charge on any atom is 0.319 e. The largest absolute Gasteiger partial charge is 0.338 e. The highest BCUT2D eigenvalue weighted by Crippen LogP contribution is 2.21. The number of fused-ring (bicyclic) bond motifs is 1. The Morgan fingerprint density at radius 3 is 2.89 bits per heavy atom. The molecule has 0 unspecified atom stereocenters. The quantitative estimate of drug-likeness (QED) is 0.634. The molecule has 2 aromatic heterocycles. The number of carbonyl (C=O) groups excluding carboxylic acids is 1. The van der Waals surface area contributed by atoms with Crippen molar-refractivity contribution in [1.29, 1.82) is 0 Å². The van der Waals surface area contributed by atoms with Crippen molar-refractivity contribution in [3.63, 3.8) is 0 Å². The van der Waals surface area contributed by atoms with Crippen LogP contribution in [0.25, 0.3) is 11.0 Å². The van der Waals surface area contributed by atoms with Gasteiger partial charge >= 0.3 is 6.03 Å². The summed E-state index contributed by atoms with van der Waals surface area (Å²) in [4.78, 5) is 16.5. The number of hydrogen-bond donors (Lipinski definition) is 2. The van der Waals surface area contributed by atoms with Gasteiger partial charge in [0.05, 0.1) is 5.02 Å². The fourth-order valence-electron chi connectivity index (χ4n) is 2.99. The number of pyridine rings is 1. The number of rotatable bonds is 6. The number of halogens is 2.